The molecular weight excluding hydrogens is 214 g/mol. The number of nitrogens with zero attached hydrogens (tertiary/aromatic N) is 2. The average Bonchev–Trinajstić information content (AvgIpc) is 3.00. The van der Waals surface area contributed by atoms with Crippen molar-refractivity contribution in [2.24, 2.45) is 0 Å². The maximum Gasteiger partial charge on any atom is 0.247 e. The van der Waals surface area contributed by atoms with Crippen molar-refractivity contribution < 1.29 is 4.42 Å². The molecule has 88 valence electrons. The topological polar surface area (TPSA) is 51.0 Å². The van der Waals surface area contributed by atoms with Crippen LogP contribution in [0.5, 0.6) is 0 Å². The summed E-state index contributed by atoms with van der Waals surface area (Å²) >= 11 is 0. The summed E-state index contributed by atoms with van der Waals surface area (Å²) in [5.74, 6) is 1.31. The van der Waals surface area contributed by atoms with Crippen LogP contribution >= 0.6 is 0 Å². The van der Waals surface area contributed by atoms with Gasteiger partial charge in [-0.05, 0) is 38.4 Å². The Kier molecular flexibility index (Phi) is 2.65. The number of aromatic nitrogens is 2. The van der Waals surface area contributed by atoms with Gasteiger partial charge in [-0.25, -0.2) is 0 Å². The van der Waals surface area contributed by atoms with E-state index >= 15 is 0 Å². The van der Waals surface area contributed by atoms with Crippen LogP contribution in [0.25, 0.3) is 11.5 Å². The Morgan fingerprint density at radius 1 is 1.24 bits per heavy atom. The van der Waals surface area contributed by atoms with Gasteiger partial charge in [0.05, 0.1) is 6.04 Å². The van der Waals surface area contributed by atoms with Crippen LogP contribution in [0, 0.1) is 6.92 Å². The molecule has 1 N–H and O–H groups in total. The van der Waals surface area contributed by atoms with Gasteiger partial charge in [-0.1, -0.05) is 17.7 Å². The first-order valence-corrected chi connectivity index (χ1v) is 5.97. The Morgan fingerprint density at radius 2 is 2.06 bits per heavy atom. The molecule has 17 heavy (non-hydrogen) atoms. The SMILES string of the molecule is Cc1ccc(-c2nnc(C3CCCN3)o2)cc1. The molecule has 0 spiro atoms. The van der Waals surface area contributed by atoms with Gasteiger partial charge in [-0.2, -0.15) is 0 Å². The van der Waals surface area contributed by atoms with Crippen molar-refractivity contribution in [3.63, 3.8) is 0 Å². The summed E-state index contributed by atoms with van der Waals surface area (Å²) in [5.41, 5.74) is 2.21. The average molecular weight is 229 g/mol. The lowest BCUT2D eigenvalue weighted by molar-refractivity contribution is 0.437. The molecule has 0 radical (unpaired) electrons. The fraction of sp³-hybridized carbons (Fsp3) is 0.385. The molecule has 0 bridgehead atoms. The summed E-state index contributed by atoms with van der Waals surface area (Å²) in [6.07, 6.45) is 2.25. The van der Waals surface area contributed by atoms with Gasteiger partial charge >= 0.3 is 0 Å². The summed E-state index contributed by atoms with van der Waals surface area (Å²) in [6, 6.07) is 8.35. The second kappa shape index (κ2) is 4.30. The van der Waals surface area contributed by atoms with E-state index in [4.69, 9.17) is 4.42 Å². The zero-order valence-electron chi connectivity index (χ0n) is 9.81. The summed E-state index contributed by atoms with van der Waals surface area (Å²) in [6.45, 7) is 3.10. The van der Waals surface area contributed by atoms with E-state index in [1.54, 1.807) is 0 Å². The van der Waals surface area contributed by atoms with E-state index in [9.17, 15) is 0 Å². The van der Waals surface area contributed by atoms with E-state index < -0.39 is 0 Å². The maximum atomic E-state index is 5.71. The third kappa shape index (κ3) is 2.08. The number of hydrogen-bond acceptors (Lipinski definition) is 4. The van der Waals surface area contributed by atoms with Gasteiger partial charge in [-0.3, -0.25) is 0 Å². The molecule has 1 aliphatic heterocycles. The Morgan fingerprint density at radius 3 is 2.76 bits per heavy atom. The van der Waals surface area contributed by atoms with Crippen molar-refractivity contribution in [3.05, 3.63) is 35.7 Å². The molecule has 1 aliphatic rings. The number of nitrogens with one attached hydrogen (secondary N) is 1. The third-order valence-electron chi connectivity index (χ3n) is 3.10. The minimum absolute atomic E-state index is 0.238. The summed E-state index contributed by atoms with van der Waals surface area (Å²) < 4.78 is 5.71. The van der Waals surface area contributed by atoms with Crippen molar-refractivity contribution in [2.45, 2.75) is 25.8 Å². The molecule has 1 aromatic carbocycles. The molecular formula is C13H15N3O. The molecule has 1 unspecified atom stereocenters. The van der Waals surface area contributed by atoms with Gasteiger partial charge in [0.15, 0.2) is 0 Å². The normalized spacial score (nSPS) is 19.7. The molecule has 1 atom stereocenters. The smallest absolute Gasteiger partial charge is 0.247 e. The highest BCUT2D eigenvalue weighted by Crippen LogP contribution is 2.25. The fourth-order valence-electron chi connectivity index (χ4n) is 2.08. The van der Waals surface area contributed by atoms with Crippen molar-refractivity contribution in [2.75, 3.05) is 6.54 Å². The zero-order chi connectivity index (χ0) is 11.7. The lowest BCUT2D eigenvalue weighted by atomic mass is 10.1. The van der Waals surface area contributed by atoms with Crippen LogP contribution in [0.2, 0.25) is 0 Å². The Labute approximate surface area is 100 Å². The van der Waals surface area contributed by atoms with Gasteiger partial charge in [0.2, 0.25) is 11.8 Å². The molecule has 0 amide bonds. The van der Waals surface area contributed by atoms with Crippen LogP contribution in [0.4, 0.5) is 0 Å². The van der Waals surface area contributed by atoms with Crippen LogP contribution < -0.4 is 5.32 Å². The largest absolute Gasteiger partial charge is 0.419 e. The lowest BCUT2D eigenvalue weighted by Crippen LogP contribution is -2.12. The van der Waals surface area contributed by atoms with E-state index in [0.717, 1.165) is 18.5 Å². The van der Waals surface area contributed by atoms with Gasteiger partial charge in [-0.15, -0.1) is 10.2 Å². The predicted molar refractivity (Wildman–Crippen MR) is 64.4 cm³/mol. The van der Waals surface area contributed by atoms with E-state index in [1.165, 1.54) is 12.0 Å². The van der Waals surface area contributed by atoms with Gasteiger partial charge < -0.3 is 9.73 Å². The van der Waals surface area contributed by atoms with Gasteiger partial charge in [0, 0.05) is 5.56 Å². The first-order chi connectivity index (χ1) is 8.33. The zero-order valence-corrected chi connectivity index (χ0v) is 9.81. The number of benzene rings is 1. The molecule has 4 heteroatoms. The van der Waals surface area contributed by atoms with Crippen LogP contribution in [-0.4, -0.2) is 16.7 Å². The fourth-order valence-corrected chi connectivity index (χ4v) is 2.08. The molecule has 4 nitrogen and oxygen atoms in total. The first kappa shape index (κ1) is 10.5. The standard InChI is InChI=1S/C13H15N3O/c1-9-4-6-10(7-5-9)12-15-16-13(17-12)11-3-2-8-14-11/h4-7,11,14H,2-3,8H2,1H3. The van der Waals surface area contributed by atoms with E-state index in [-0.39, 0.29) is 6.04 Å². The summed E-state index contributed by atoms with van der Waals surface area (Å²) in [7, 11) is 0. The highest BCUT2D eigenvalue weighted by atomic mass is 16.4. The minimum atomic E-state index is 0.238. The van der Waals surface area contributed by atoms with Crippen molar-refractivity contribution in [3.8, 4) is 11.5 Å². The summed E-state index contributed by atoms with van der Waals surface area (Å²) in [5, 5.41) is 11.6. The van der Waals surface area contributed by atoms with Crippen LogP contribution in [0.1, 0.15) is 30.3 Å². The minimum Gasteiger partial charge on any atom is -0.419 e. The maximum absolute atomic E-state index is 5.71. The van der Waals surface area contributed by atoms with Gasteiger partial charge in [0.1, 0.15) is 0 Å². The van der Waals surface area contributed by atoms with E-state index in [2.05, 4.69) is 22.4 Å². The predicted octanol–water partition coefficient (Wildman–Crippen LogP) is 2.47. The number of rotatable bonds is 2. The number of hydrogen-bond donors (Lipinski definition) is 1. The van der Waals surface area contributed by atoms with Gasteiger partial charge in [0.25, 0.3) is 0 Å². The highest BCUT2D eigenvalue weighted by molar-refractivity contribution is 5.52. The monoisotopic (exact) mass is 229 g/mol. The van der Waals surface area contributed by atoms with Crippen molar-refractivity contribution in [1.82, 2.24) is 15.5 Å². The second-order valence-corrected chi connectivity index (χ2v) is 4.46. The Bertz CT molecular complexity index is 498. The molecule has 2 aromatic rings. The number of aryl methyl sites for hydroxylation is 1. The third-order valence-corrected chi connectivity index (χ3v) is 3.10. The van der Waals surface area contributed by atoms with E-state index in [0.29, 0.717) is 11.8 Å². The first-order valence-electron chi connectivity index (χ1n) is 5.97. The molecule has 1 fully saturated rings. The second-order valence-electron chi connectivity index (χ2n) is 4.46. The molecule has 0 saturated carbocycles. The Balaban J connectivity index is 1.86. The molecule has 1 saturated heterocycles. The van der Waals surface area contributed by atoms with Crippen LogP contribution in [0.15, 0.2) is 28.7 Å². The van der Waals surface area contributed by atoms with Crippen LogP contribution in [0.3, 0.4) is 0 Å². The quantitative estimate of drug-likeness (QED) is 0.859. The molecule has 2 heterocycles. The molecule has 0 aliphatic carbocycles. The summed E-state index contributed by atoms with van der Waals surface area (Å²) in [4.78, 5) is 0. The molecule has 3 rings (SSSR count). The van der Waals surface area contributed by atoms with Crippen molar-refractivity contribution >= 4 is 0 Å². The Hall–Kier alpha value is -1.68. The lowest BCUT2D eigenvalue weighted by Gasteiger charge is -2.02. The van der Waals surface area contributed by atoms with E-state index in [1.807, 2.05) is 24.3 Å². The highest BCUT2D eigenvalue weighted by Gasteiger charge is 2.22. The molecule has 1 aromatic heterocycles. The van der Waals surface area contributed by atoms with Crippen LogP contribution in [-0.2, 0) is 0 Å². The van der Waals surface area contributed by atoms with Crippen molar-refractivity contribution in [1.29, 1.82) is 0 Å².